The van der Waals surface area contributed by atoms with Gasteiger partial charge in [-0.1, -0.05) is 0 Å². The second kappa shape index (κ2) is 7.25. The zero-order valence-corrected chi connectivity index (χ0v) is 14.6. The van der Waals surface area contributed by atoms with E-state index in [1.54, 1.807) is 43.6 Å². The van der Waals surface area contributed by atoms with Crippen LogP contribution < -0.4 is 24.8 Å². The smallest absolute Gasteiger partial charge is 0.274 e. The molecule has 4 rings (SSSR count). The average Bonchev–Trinajstić information content (AvgIpc) is 3.16. The van der Waals surface area contributed by atoms with E-state index in [-0.39, 0.29) is 12.7 Å². The molecule has 2 aromatic carbocycles. The summed E-state index contributed by atoms with van der Waals surface area (Å²) in [6.07, 6.45) is 1.58. The highest BCUT2D eigenvalue weighted by Crippen LogP contribution is 2.34. The maximum Gasteiger partial charge on any atom is 0.274 e. The monoisotopic (exact) mass is 363 g/mol. The normalized spacial score (nSPS) is 11.7. The van der Waals surface area contributed by atoms with Gasteiger partial charge in [0.15, 0.2) is 11.5 Å². The zero-order valence-electron chi connectivity index (χ0n) is 14.6. The lowest BCUT2D eigenvalue weighted by Crippen LogP contribution is -2.13. The molecule has 7 heteroatoms. The number of ether oxygens (including phenoxy) is 3. The van der Waals surface area contributed by atoms with Crippen LogP contribution in [0.5, 0.6) is 17.2 Å². The zero-order chi connectivity index (χ0) is 18.6. The van der Waals surface area contributed by atoms with E-state index in [4.69, 9.17) is 14.2 Å². The lowest BCUT2D eigenvalue weighted by molar-refractivity contribution is 0.102. The van der Waals surface area contributed by atoms with E-state index in [0.29, 0.717) is 22.9 Å². The first-order chi connectivity index (χ1) is 13.2. The summed E-state index contributed by atoms with van der Waals surface area (Å²) in [5, 5.41) is 6.05. The summed E-state index contributed by atoms with van der Waals surface area (Å²) >= 11 is 0. The third-order valence-corrected chi connectivity index (χ3v) is 4.00. The minimum absolute atomic E-state index is 0.188. The molecule has 0 fully saturated rings. The quantitative estimate of drug-likeness (QED) is 0.717. The molecule has 0 saturated heterocycles. The first-order valence-electron chi connectivity index (χ1n) is 8.29. The molecule has 1 amide bonds. The van der Waals surface area contributed by atoms with Crippen molar-refractivity contribution in [3.63, 3.8) is 0 Å². The Morgan fingerprint density at radius 3 is 2.56 bits per heavy atom. The number of benzene rings is 2. The summed E-state index contributed by atoms with van der Waals surface area (Å²) in [7, 11) is 1.62. The summed E-state index contributed by atoms with van der Waals surface area (Å²) in [4.78, 5) is 16.7. The molecular formula is C20H17N3O4. The number of nitrogens with one attached hydrogen (secondary N) is 2. The summed E-state index contributed by atoms with van der Waals surface area (Å²) in [6, 6.07) is 16.2. The van der Waals surface area contributed by atoms with Gasteiger partial charge in [-0.2, -0.15) is 0 Å². The summed E-state index contributed by atoms with van der Waals surface area (Å²) in [5.74, 6) is 1.74. The lowest BCUT2D eigenvalue weighted by atomic mass is 10.2. The maximum absolute atomic E-state index is 12.5. The molecule has 136 valence electrons. The van der Waals surface area contributed by atoms with E-state index >= 15 is 0 Å². The Kier molecular flexibility index (Phi) is 4.49. The van der Waals surface area contributed by atoms with Gasteiger partial charge in [0.1, 0.15) is 11.4 Å². The second-order valence-corrected chi connectivity index (χ2v) is 5.81. The van der Waals surface area contributed by atoms with Crippen LogP contribution >= 0.6 is 0 Å². The standard InChI is InChI=1S/C20H17N3O4/c1-25-16-5-2-13(3-6-16)22-15-8-9-21-17(10-15)20(24)23-14-4-7-18-19(11-14)27-12-26-18/h2-11H,12H2,1H3,(H,21,22)(H,23,24). The van der Waals surface area contributed by atoms with E-state index < -0.39 is 0 Å². The number of fused-ring (bicyclic) bond motifs is 1. The van der Waals surface area contributed by atoms with E-state index in [1.807, 2.05) is 24.3 Å². The fraction of sp³-hybridized carbons (Fsp3) is 0.100. The summed E-state index contributed by atoms with van der Waals surface area (Å²) < 4.78 is 15.7. The molecule has 0 bridgehead atoms. The molecule has 1 aliphatic rings. The lowest BCUT2D eigenvalue weighted by Gasteiger charge is -2.09. The molecule has 27 heavy (non-hydrogen) atoms. The molecule has 0 radical (unpaired) electrons. The molecule has 1 aromatic heterocycles. The number of carbonyl (C=O) groups is 1. The molecule has 2 N–H and O–H groups in total. The molecule has 0 saturated carbocycles. The van der Waals surface area contributed by atoms with Crippen LogP contribution in [-0.2, 0) is 0 Å². The molecular weight excluding hydrogens is 346 g/mol. The first kappa shape index (κ1) is 16.7. The molecule has 0 unspecified atom stereocenters. The molecule has 0 aliphatic carbocycles. The van der Waals surface area contributed by atoms with E-state index in [9.17, 15) is 4.79 Å². The average molecular weight is 363 g/mol. The van der Waals surface area contributed by atoms with Crippen LogP contribution in [-0.4, -0.2) is 24.8 Å². The maximum atomic E-state index is 12.5. The largest absolute Gasteiger partial charge is 0.497 e. The van der Waals surface area contributed by atoms with Crippen molar-refractivity contribution in [2.45, 2.75) is 0 Å². The number of methoxy groups -OCH3 is 1. The Hall–Kier alpha value is -3.74. The van der Waals surface area contributed by atoms with Crippen molar-refractivity contribution in [3.8, 4) is 17.2 Å². The highest BCUT2D eigenvalue weighted by molar-refractivity contribution is 6.03. The highest BCUT2D eigenvalue weighted by Gasteiger charge is 2.15. The summed E-state index contributed by atoms with van der Waals surface area (Å²) in [5.41, 5.74) is 2.54. The molecule has 0 spiro atoms. The minimum atomic E-state index is -0.313. The van der Waals surface area contributed by atoms with Crippen molar-refractivity contribution < 1.29 is 19.0 Å². The van der Waals surface area contributed by atoms with Crippen molar-refractivity contribution in [3.05, 3.63) is 66.5 Å². The van der Waals surface area contributed by atoms with Crippen molar-refractivity contribution >= 4 is 23.0 Å². The Bertz CT molecular complexity index is 973. The minimum Gasteiger partial charge on any atom is -0.497 e. The Morgan fingerprint density at radius 2 is 1.74 bits per heavy atom. The van der Waals surface area contributed by atoms with Gasteiger partial charge in [-0.3, -0.25) is 9.78 Å². The molecule has 7 nitrogen and oxygen atoms in total. The number of rotatable bonds is 5. The van der Waals surface area contributed by atoms with Gasteiger partial charge in [-0.15, -0.1) is 0 Å². The molecule has 0 atom stereocenters. The predicted molar refractivity (Wildman–Crippen MR) is 101 cm³/mol. The number of hydrogen-bond acceptors (Lipinski definition) is 6. The first-order valence-corrected chi connectivity index (χ1v) is 8.29. The van der Waals surface area contributed by atoms with Gasteiger partial charge in [-0.05, 0) is 48.5 Å². The Labute approximate surface area is 155 Å². The highest BCUT2D eigenvalue weighted by atomic mass is 16.7. The molecule has 1 aliphatic heterocycles. The van der Waals surface area contributed by atoms with Gasteiger partial charge in [0.25, 0.3) is 5.91 Å². The van der Waals surface area contributed by atoms with Gasteiger partial charge in [0.05, 0.1) is 7.11 Å². The predicted octanol–water partition coefficient (Wildman–Crippen LogP) is 3.81. The van der Waals surface area contributed by atoms with Crippen LogP contribution in [0.2, 0.25) is 0 Å². The van der Waals surface area contributed by atoms with Crippen LogP contribution in [0.1, 0.15) is 10.5 Å². The topological polar surface area (TPSA) is 81.7 Å². The van der Waals surface area contributed by atoms with Gasteiger partial charge < -0.3 is 24.8 Å². The number of carbonyl (C=O) groups excluding carboxylic acids is 1. The number of aromatic nitrogens is 1. The Balaban J connectivity index is 1.47. The third kappa shape index (κ3) is 3.77. The molecule has 3 aromatic rings. The number of hydrogen-bond donors (Lipinski definition) is 2. The van der Waals surface area contributed by atoms with Crippen molar-refractivity contribution in [2.75, 3.05) is 24.5 Å². The van der Waals surface area contributed by atoms with Crippen LogP contribution in [0.15, 0.2) is 60.8 Å². The third-order valence-electron chi connectivity index (χ3n) is 4.00. The van der Waals surface area contributed by atoms with E-state index in [2.05, 4.69) is 15.6 Å². The number of pyridine rings is 1. The fourth-order valence-corrected chi connectivity index (χ4v) is 2.64. The SMILES string of the molecule is COc1ccc(Nc2ccnc(C(=O)Nc3ccc4c(c3)OCO4)c2)cc1. The van der Waals surface area contributed by atoms with E-state index in [1.165, 1.54) is 0 Å². The van der Waals surface area contributed by atoms with Gasteiger partial charge in [0.2, 0.25) is 6.79 Å². The van der Waals surface area contributed by atoms with Crippen LogP contribution in [0.3, 0.4) is 0 Å². The van der Waals surface area contributed by atoms with Crippen molar-refractivity contribution in [1.82, 2.24) is 4.98 Å². The Morgan fingerprint density at radius 1 is 0.963 bits per heavy atom. The second-order valence-electron chi connectivity index (χ2n) is 5.81. The van der Waals surface area contributed by atoms with Crippen molar-refractivity contribution in [2.24, 2.45) is 0 Å². The fourth-order valence-electron chi connectivity index (χ4n) is 2.64. The molecule has 2 heterocycles. The van der Waals surface area contributed by atoms with Crippen LogP contribution in [0.25, 0.3) is 0 Å². The van der Waals surface area contributed by atoms with Crippen molar-refractivity contribution in [1.29, 1.82) is 0 Å². The van der Waals surface area contributed by atoms with Crippen LogP contribution in [0.4, 0.5) is 17.1 Å². The van der Waals surface area contributed by atoms with Crippen LogP contribution in [0, 0.1) is 0 Å². The van der Waals surface area contributed by atoms with Gasteiger partial charge in [0, 0.05) is 29.3 Å². The number of nitrogens with zero attached hydrogens (tertiary/aromatic N) is 1. The summed E-state index contributed by atoms with van der Waals surface area (Å²) in [6.45, 7) is 0.188. The number of amides is 1. The van der Waals surface area contributed by atoms with Gasteiger partial charge in [-0.25, -0.2) is 0 Å². The van der Waals surface area contributed by atoms with Gasteiger partial charge >= 0.3 is 0 Å². The number of anilines is 3. The van der Waals surface area contributed by atoms with E-state index in [0.717, 1.165) is 17.1 Å².